The van der Waals surface area contributed by atoms with Crippen molar-refractivity contribution in [1.29, 1.82) is 0 Å². The van der Waals surface area contributed by atoms with Crippen LogP contribution in [0.4, 0.5) is 0 Å². The smallest absolute Gasteiger partial charge is 0.307 e. The summed E-state index contributed by atoms with van der Waals surface area (Å²) in [5.74, 6) is -2.73. The Morgan fingerprint density at radius 2 is 1.92 bits per heavy atom. The molecule has 1 rings (SSSR count). The third-order valence-corrected chi connectivity index (χ3v) is 2.56. The highest BCUT2D eigenvalue weighted by Crippen LogP contribution is 2.52. The topological polar surface area (TPSA) is 74.6 Å². The average Bonchev–Trinajstić information content (AvgIpc) is 2.63. The standard InChI is InChI=1S/C8H12O4/c1-8(2-3-8)5(7(11)12)4-6(9)10/h5H,2-4H2,1H3,(H,9,10)(H,11,12). The molecule has 1 atom stereocenters. The molecule has 1 aliphatic rings. The van der Waals surface area contributed by atoms with E-state index in [-0.39, 0.29) is 11.8 Å². The Morgan fingerprint density at radius 3 is 2.17 bits per heavy atom. The SMILES string of the molecule is CC1(C(CC(=O)O)C(=O)O)CC1. The van der Waals surface area contributed by atoms with Gasteiger partial charge in [0.25, 0.3) is 0 Å². The van der Waals surface area contributed by atoms with Crippen LogP contribution in [-0.2, 0) is 9.59 Å². The molecule has 0 spiro atoms. The zero-order valence-corrected chi connectivity index (χ0v) is 6.91. The van der Waals surface area contributed by atoms with Gasteiger partial charge in [0, 0.05) is 0 Å². The Labute approximate surface area is 70.2 Å². The molecule has 0 amide bonds. The maximum Gasteiger partial charge on any atom is 0.307 e. The molecule has 12 heavy (non-hydrogen) atoms. The largest absolute Gasteiger partial charge is 0.481 e. The maximum absolute atomic E-state index is 10.7. The van der Waals surface area contributed by atoms with Gasteiger partial charge in [-0.1, -0.05) is 6.92 Å². The third kappa shape index (κ3) is 1.75. The van der Waals surface area contributed by atoms with E-state index in [1.54, 1.807) is 0 Å². The average molecular weight is 172 g/mol. The second kappa shape index (κ2) is 2.77. The van der Waals surface area contributed by atoms with E-state index in [4.69, 9.17) is 10.2 Å². The molecule has 4 nitrogen and oxygen atoms in total. The van der Waals surface area contributed by atoms with Crippen molar-refractivity contribution < 1.29 is 19.8 Å². The molecule has 0 bridgehead atoms. The van der Waals surface area contributed by atoms with Crippen LogP contribution in [0.5, 0.6) is 0 Å². The first-order valence-corrected chi connectivity index (χ1v) is 3.90. The number of carbonyl (C=O) groups is 2. The van der Waals surface area contributed by atoms with Crippen LogP contribution in [-0.4, -0.2) is 22.2 Å². The molecule has 0 radical (unpaired) electrons. The molecule has 1 fully saturated rings. The molecule has 68 valence electrons. The van der Waals surface area contributed by atoms with Crippen LogP contribution in [0, 0.1) is 11.3 Å². The Balaban J connectivity index is 2.62. The number of aliphatic carboxylic acids is 2. The van der Waals surface area contributed by atoms with Gasteiger partial charge in [-0.2, -0.15) is 0 Å². The fourth-order valence-corrected chi connectivity index (χ4v) is 1.35. The van der Waals surface area contributed by atoms with E-state index in [0.29, 0.717) is 0 Å². The van der Waals surface area contributed by atoms with Crippen molar-refractivity contribution in [1.82, 2.24) is 0 Å². The lowest BCUT2D eigenvalue weighted by atomic mass is 9.88. The van der Waals surface area contributed by atoms with Gasteiger partial charge in [0.15, 0.2) is 0 Å². The first-order chi connectivity index (χ1) is 5.46. The maximum atomic E-state index is 10.7. The number of rotatable bonds is 4. The van der Waals surface area contributed by atoms with Crippen LogP contribution >= 0.6 is 0 Å². The Bertz CT molecular complexity index is 217. The summed E-state index contributed by atoms with van der Waals surface area (Å²) >= 11 is 0. The van der Waals surface area contributed by atoms with Gasteiger partial charge in [-0.3, -0.25) is 9.59 Å². The lowest BCUT2D eigenvalue weighted by molar-refractivity contribution is -0.150. The van der Waals surface area contributed by atoms with E-state index in [2.05, 4.69) is 0 Å². The van der Waals surface area contributed by atoms with Gasteiger partial charge in [0.05, 0.1) is 12.3 Å². The number of carboxylic acid groups (broad SMARTS) is 2. The molecule has 1 unspecified atom stereocenters. The predicted molar refractivity (Wildman–Crippen MR) is 40.7 cm³/mol. The van der Waals surface area contributed by atoms with Crippen molar-refractivity contribution in [2.24, 2.45) is 11.3 Å². The first-order valence-electron chi connectivity index (χ1n) is 3.90. The summed E-state index contributed by atoms with van der Waals surface area (Å²) in [6.45, 7) is 1.83. The van der Waals surface area contributed by atoms with Gasteiger partial charge >= 0.3 is 11.9 Å². The molecular formula is C8H12O4. The van der Waals surface area contributed by atoms with E-state index < -0.39 is 17.9 Å². The zero-order valence-electron chi connectivity index (χ0n) is 6.91. The second-order valence-corrected chi connectivity index (χ2v) is 3.64. The van der Waals surface area contributed by atoms with E-state index in [9.17, 15) is 9.59 Å². The molecule has 0 aromatic rings. The van der Waals surface area contributed by atoms with Crippen molar-refractivity contribution in [2.45, 2.75) is 26.2 Å². The Morgan fingerprint density at radius 1 is 1.42 bits per heavy atom. The van der Waals surface area contributed by atoms with Gasteiger partial charge in [-0.05, 0) is 18.3 Å². The van der Waals surface area contributed by atoms with Gasteiger partial charge in [0.2, 0.25) is 0 Å². The second-order valence-electron chi connectivity index (χ2n) is 3.64. The minimum absolute atomic E-state index is 0.258. The monoisotopic (exact) mass is 172 g/mol. The summed E-state index contributed by atoms with van der Waals surface area (Å²) in [5, 5.41) is 17.2. The fraction of sp³-hybridized carbons (Fsp3) is 0.750. The van der Waals surface area contributed by atoms with E-state index in [1.165, 1.54) is 0 Å². The van der Waals surface area contributed by atoms with Crippen molar-refractivity contribution >= 4 is 11.9 Å². The first kappa shape index (κ1) is 9.03. The molecule has 0 heterocycles. The van der Waals surface area contributed by atoms with Crippen LogP contribution in [0.15, 0.2) is 0 Å². The van der Waals surface area contributed by atoms with Gasteiger partial charge in [0.1, 0.15) is 0 Å². The highest BCUT2D eigenvalue weighted by Gasteiger charge is 2.49. The minimum atomic E-state index is -1.03. The zero-order chi connectivity index (χ0) is 9.35. The summed E-state index contributed by atoms with van der Waals surface area (Å²) in [4.78, 5) is 21.0. The van der Waals surface area contributed by atoms with E-state index in [0.717, 1.165) is 12.8 Å². The molecule has 1 aliphatic carbocycles. The summed E-state index contributed by atoms with van der Waals surface area (Å²) < 4.78 is 0. The van der Waals surface area contributed by atoms with Gasteiger partial charge in [-0.25, -0.2) is 0 Å². The fourth-order valence-electron chi connectivity index (χ4n) is 1.35. The Hall–Kier alpha value is -1.06. The molecule has 2 N–H and O–H groups in total. The summed E-state index contributed by atoms with van der Waals surface area (Å²) in [6.07, 6.45) is 1.40. The summed E-state index contributed by atoms with van der Waals surface area (Å²) in [6, 6.07) is 0. The number of hydrogen-bond acceptors (Lipinski definition) is 2. The van der Waals surface area contributed by atoms with Gasteiger partial charge < -0.3 is 10.2 Å². The quantitative estimate of drug-likeness (QED) is 0.662. The molecular weight excluding hydrogens is 160 g/mol. The number of hydrogen-bond donors (Lipinski definition) is 2. The molecule has 0 aliphatic heterocycles. The van der Waals surface area contributed by atoms with Crippen LogP contribution in [0.25, 0.3) is 0 Å². The van der Waals surface area contributed by atoms with E-state index in [1.807, 2.05) is 6.92 Å². The highest BCUT2D eigenvalue weighted by atomic mass is 16.4. The van der Waals surface area contributed by atoms with Crippen molar-refractivity contribution in [3.8, 4) is 0 Å². The van der Waals surface area contributed by atoms with Crippen LogP contribution < -0.4 is 0 Å². The van der Waals surface area contributed by atoms with Crippen molar-refractivity contribution in [3.05, 3.63) is 0 Å². The lowest BCUT2D eigenvalue weighted by Crippen LogP contribution is -2.25. The third-order valence-electron chi connectivity index (χ3n) is 2.56. The highest BCUT2D eigenvalue weighted by molar-refractivity contribution is 5.78. The number of carboxylic acids is 2. The van der Waals surface area contributed by atoms with Crippen LogP contribution in [0.2, 0.25) is 0 Å². The summed E-state index contributed by atoms with van der Waals surface area (Å²) in [5.41, 5.74) is -0.260. The normalized spacial score (nSPS) is 21.4. The van der Waals surface area contributed by atoms with Crippen molar-refractivity contribution in [2.75, 3.05) is 0 Å². The van der Waals surface area contributed by atoms with Gasteiger partial charge in [-0.15, -0.1) is 0 Å². The predicted octanol–water partition coefficient (Wildman–Crippen LogP) is 0.962. The van der Waals surface area contributed by atoms with E-state index >= 15 is 0 Å². The van der Waals surface area contributed by atoms with Crippen molar-refractivity contribution in [3.63, 3.8) is 0 Å². The van der Waals surface area contributed by atoms with Crippen LogP contribution in [0.3, 0.4) is 0 Å². The molecule has 1 saturated carbocycles. The molecule has 4 heteroatoms. The van der Waals surface area contributed by atoms with Crippen LogP contribution in [0.1, 0.15) is 26.2 Å². The Kier molecular flexibility index (Phi) is 2.08. The molecule has 0 saturated heterocycles. The minimum Gasteiger partial charge on any atom is -0.481 e. The lowest BCUT2D eigenvalue weighted by Gasteiger charge is -2.16. The molecule has 0 aromatic heterocycles. The summed E-state index contributed by atoms with van der Waals surface area (Å²) in [7, 11) is 0. The molecule has 0 aromatic carbocycles.